The standard InChI is InChI=1S/C56H106O14/c1-3-5-7-9-11-13-15-17-18-19-20-21-22-23-24-25-26-27-28-29-31-33-35-37-39-48(58)68-45(42-65-40-38-36-34-32-30-16-14-12-10-8-6-4-2)43-66-55-54(64)52(62)50(60)47(70-55)44-67-56-53(63)51(61)49(59)46(41-57)69-56/h10,12,45-47,49-57,59-64H,3-9,11,13-44H2,1-2H3/b12-10-. The number of allylic oxidation sites excluding steroid dienone is 2. The van der Waals surface area contributed by atoms with Crippen LogP contribution < -0.4 is 0 Å². The molecule has 0 radical (unpaired) electrons. The quantitative estimate of drug-likeness (QED) is 0.0172. The molecular formula is C56H106O14. The molecule has 0 aromatic carbocycles. The molecule has 14 heteroatoms. The first-order chi connectivity index (χ1) is 34.1. The van der Waals surface area contributed by atoms with Gasteiger partial charge in [0.1, 0.15) is 54.9 Å². The molecular weight excluding hydrogens is 897 g/mol. The predicted molar refractivity (Wildman–Crippen MR) is 275 cm³/mol. The Morgan fingerprint density at radius 3 is 1.34 bits per heavy atom. The van der Waals surface area contributed by atoms with Gasteiger partial charge in [-0.05, 0) is 32.1 Å². The van der Waals surface area contributed by atoms with Crippen LogP contribution in [0.15, 0.2) is 12.2 Å². The number of aliphatic hydroxyl groups excluding tert-OH is 7. The van der Waals surface area contributed by atoms with Gasteiger partial charge in [0.05, 0.1) is 26.4 Å². The van der Waals surface area contributed by atoms with Crippen molar-refractivity contribution >= 4 is 5.97 Å². The minimum Gasteiger partial charge on any atom is -0.457 e. The van der Waals surface area contributed by atoms with Gasteiger partial charge in [-0.3, -0.25) is 4.79 Å². The Kier molecular flexibility index (Phi) is 40.8. The SMILES string of the molecule is CCCC/C=C\CCCCCCCCOCC(COC1OC(COC2OC(CO)C(O)C(O)C2O)C(O)C(O)C1O)OC(=O)CCCCCCCCCCCCCCCCCCCCCCCCCC. The van der Waals surface area contributed by atoms with Crippen LogP contribution in [0.3, 0.4) is 0 Å². The molecule has 2 fully saturated rings. The summed E-state index contributed by atoms with van der Waals surface area (Å²) in [5, 5.41) is 72.2. The molecule has 2 heterocycles. The van der Waals surface area contributed by atoms with Crippen molar-refractivity contribution in [2.24, 2.45) is 0 Å². The van der Waals surface area contributed by atoms with Gasteiger partial charge in [-0.2, -0.15) is 0 Å². The average molecular weight is 1000 g/mol. The van der Waals surface area contributed by atoms with E-state index in [0.717, 1.165) is 44.9 Å². The fraction of sp³-hybridized carbons (Fsp3) is 0.946. The highest BCUT2D eigenvalue weighted by Gasteiger charge is 2.47. The Balaban J connectivity index is 1.67. The lowest BCUT2D eigenvalue weighted by Gasteiger charge is -2.42. The second-order valence-electron chi connectivity index (χ2n) is 20.5. The van der Waals surface area contributed by atoms with Crippen molar-refractivity contribution in [3.63, 3.8) is 0 Å². The van der Waals surface area contributed by atoms with Gasteiger partial charge in [-0.25, -0.2) is 0 Å². The lowest BCUT2D eigenvalue weighted by molar-refractivity contribution is -0.332. The normalized spacial score (nSPS) is 25.5. The minimum atomic E-state index is -1.70. The van der Waals surface area contributed by atoms with Crippen molar-refractivity contribution in [2.45, 2.75) is 306 Å². The summed E-state index contributed by atoms with van der Waals surface area (Å²) in [6.07, 6.45) is 31.4. The van der Waals surface area contributed by atoms with E-state index in [4.69, 9.17) is 28.4 Å². The Bertz CT molecular complexity index is 1210. The Labute approximate surface area is 425 Å². The van der Waals surface area contributed by atoms with Crippen LogP contribution in [0, 0.1) is 0 Å². The first kappa shape index (κ1) is 64.8. The van der Waals surface area contributed by atoms with E-state index in [-0.39, 0.29) is 25.6 Å². The number of ether oxygens (including phenoxy) is 6. The van der Waals surface area contributed by atoms with Crippen LogP contribution in [0.2, 0.25) is 0 Å². The van der Waals surface area contributed by atoms with E-state index >= 15 is 0 Å². The van der Waals surface area contributed by atoms with E-state index in [9.17, 15) is 40.5 Å². The van der Waals surface area contributed by atoms with Crippen LogP contribution >= 0.6 is 0 Å². The highest BCUT2D eigenvalue weighted by atomic mass is 16.7. The first-order valence-corrected chi connectivity index (χ1v) is 28.8. The van der Waals surface area contributed by atoms with Gasteiger partial charge in [0.2, 0.25) is 0 Å². The lowest BCUT2D eigenvalue weighted by atomic mass is 9.98. The summed E-state index contributed by atoms with van der Waals surface area (Å²) in [4.78, 5) is 13.0. The molecule has 2 aliphatic heterocycles. The molecule has 11 atom stereocenters. The van der Waals surface area contributed by atoms with E-state index in [1.165, 1.54) is 167 Å². The highest BCUT2D eigenvalue weighted by molar-refractivity contribution is 5.69. The van der Waals surface area contributed by atoms with Crippen LogP contribution in [0.1, 0.15) is 239 Å². The van der Waals surface area contributed by atoms with Crippen LogP contribution in [-0.4, -0.2) is 142 Å². The number of aliphatic hydroxyl groups is 7. The van der Waals surface area contributed by atoms with Crippen molar-refractivity contribution < 1.29 is 69.0 Å². The topological polar surface area (TPSA) is 214 Å². The molecule has 0 aromatic rings. The molecule has 14 nitrogen and oxygen atoms in total. The predicted octanol–water partition coefficient (Wildman–Crippen LogP) is 9.80. The molecule has 0 saturated carbocycles. The van der Waals surface area contributed by atoms with Crippen molar-refractivity contribution in [3.8, 4) is 0 Å². The fourth-order valence-electron chi connectivity index (χ4n) is 9.33. The smallest absolute Gasteiger partial charge is 0.306 e. The van der Waals surface area contributed by atoms with E-state index in [2.05, 4.69) is 26.0 Å². The number of esters is 1. The number of rotatable bonds is 47. The Morgan fingerprint density at radius 1 is 0.457 bits per heavy atom. The largest absolute Gasteiger partial charge is 0.457 e. The van der Waals surface area contributed by atoms with E-state index in [1.807, 2.05) is 0 Å². The van der Waals surface area contributed by atoms with Crippen LogP contribution in [0.4, 0.5) is 0 Å². The van der Waals surface area contributed by atoms with Gasteiger partial charge in [0.25, 0.3) is 0 Å². The molecule has 7 N–H and O–H groups in total. The third-order valence-corrected chi connectivity index (χ3v) is 14.0. The number of unbranched alkanes of at least 4 members (excludes halogenated alkanes) is 31. The maximum Gasteiger partial charge on any atom is 0.306 e. The van der Waals surface area contributed by atoms with E-state index in [1.54, 1.807) is 0 Å². The Hall–Kier alpha value is -1.27. The zero-order valence-electron chi connectivity index (χ0n) is 44.3. The number of carbonyl (C=O) groups is 1. The summed E-state index contributed by atoms with van der Waals surface area (Å²) in [5.74, 6) is -0.373. The van der Waals surface area contributed by atoms with Gasteiger partial charge in [-0.1, -0.05) is 212 Å². The molecule has 0 bridgehead atoms. The monoisotopic (exact) mass is 1000 g/mol. The first-order valence-electron chi connectivity index (χ1n) is 28.8. The molecule has 414 valence electrons. The van der Waals surface area contributed by atoms with Gasteiger partial charge in [0.15, 0.2) is 12.6 Å². The second kappa shape index (κ2) is 44.1. The van der Waals surface area contributed by atoms with Crippen molar-refractivity contribution in [3.05, 3.63) is 12.2 Å². The molecule has 0 spiro atoms. The molecule has 2 aliphatic rings. The molecule has 0 amide bonds. The van der Waals surface area contributed by atoms with Crippen LogP contribution in [0.5, 0.6) is 0 Å². The van der Waals surface area contributed by atoms with Crippen LogP contribution in [-0.2, 0) is 33.2 Å². The van der Waals surface area contributed by atoms with Crippen molar-refractivity contribution in [2.75, 3.05) is 33.0 Å². The number of hydrogen-bond acceptors (Lipinski definition) is 14. The summed E-state index contributed by atoms with van der Waals surface area (Å²) in [6.45, 7) is 3.69. The molecule has 0 aliphatic carbocycles. The molecule has 2 rings (SSSR count). The van der Waals surface area contributed by atoms with Crippen molar-refractivity contribution in [1.29, 1.82) is 0 Å². The highest BCUT2D eigenvalue weighted by Crippen LogP contribution is 2.27. The van der Waals surface area contributed by atoms with Gasteiger partial charge >= 0.3 is 5.97 Å². The van der Waals surface area contributed by atoms with Gasteiger partial charge < -0.3 is 64.2 Å². The summed E-state index contributed by atoms with van der Waals surface area (Å²) in [7, 11) is 0. The lowest BCUT2D eigenvalue weighted by Crippen LogP contribution is -2.61. The van der Waals surface area contributed by atoms with E-state index < -0.39 is 80.7 Å². The average Bonchev–Trinajstić information content (AvgIpc) is 3.36. The number of carbonyl (C=O) groups excluding carboxylic acids is 1. The molecule has 11 unspecified atom stereocenters. The molecule has 70 heavy (non-hydrogen) atoms. The third-order valence-electron chi connectivity index (χ3n) is 14.0. The summed E-state index contributed by atoms with van der Waals surface area (Å²) in [6, 6.07) is 0. The summed E-state index contributed by atoms with van der Waals surface area (Å²) in [5.41, 5.74) is 0. The third kappa shape index (κ3) is 30.8. The summed E-state index contributed by atoms with van der Waals surface area (Å²) >= 11 is 0. The molecule has 2 saturated heterocycles. The maximum atomic E-state index is 13.0. The van der Waals surface area contributed by atoms with E-state index in [0.29, 0.717) is 13.0 Å². The van der Waals surface area contributed by atoms with Crippen molar-refractivity contribution in [1.82, 2.24) is 0 Å². The zero-order valence-corrected chi connectivity index (χ0v) is 44.3. The fourth-order valence-corrected chi connectivity index (χ4v) is 9.33. The zero-order chi connectivity index (χ0) is 50.9. The Morgan fingerprint density at radius 2 is 0.857 bits per heavy atom. The summed E-state index contributed by atoms with van der Waals surface area (Å²) < 4.78 is 34.3. The minimum absolute atomic E-state index is 0.0627. The molecule has 0 aromatic heterocycles. The second-order valence-corrected chi connectivity index (χ2v) is 20.5. The van der Waals surface area contributed by atoms with Gasteiger partial charge in [-0.15, -0.1) is 0 Å². The van der Waals surface area contributed by atoms with Gasteiger partial charge in [0, 0.05) is 13.0 Å². The maximum absolute atomic E-state index is 13.0. The number of hydrogen-bond donors (Lipinski definition) is 7. The van der Waals surface area contributed by atoms with Crippen LogP contribution in [0.25, 0.3) is 0 Å².